The van der Waals surface area contributed by atoms with Crippen molar-refractivity contribution in [2.75, 3.05) is 25.6 Å². The summed E-state index contributed by atoms with van der Waals surface area (Å²) in [5, 5.41) is 4.36. The van der Waals surface area contributed by atoms with E-state index in [0.29, 0.717) is 6.61 Å². The van der Waals surface area contributed by atoms with Gasteiger partial charge in [0.05, 0.1) is 12.3 Å². The fourth-order valence-electron chi connectivity index (χ4n) is 2.02. The summed E-state index contributed by atoms with van der Waals surface area (Å²) in [6.45, 7) is 6.55. The monoisotopic (exact) mass is 305 g/mol. The number of hydrogen-bond donors (Lipinski definition) is 1. The number of ether oxygens (including phenoxy) is 1. The number of methoxy groups -OCH3 is 1. The highest BCUT2D eigenvalue weighted by molar-refractivity contribution is 7.15. The summed E-state index contributed by atoms with van der Waals surface area (Å²) in [5.74, 6) is 0. The lowest BCUT2D eigenvalue weighted by Crippen LogP contribution is -2.12. The maximum Gasteiger partial charge on any atom is 0.190 e. The first-order chi connectivity index (χ1) is 10.2. The Morgan fingerprint density at radius 3 is 2.62 bits per heavy atom. The number of nitrogens with one attached hydrogen (secondary N) is 1. The Bertz CT molecular complexity index is 565. The van der Waals surface area contributed by atoms with E-state index < -0.39 is 0 Å². The Morgan fingerprint density at radius 2 is 2.00 bits per heavy atom. The number of nitrogens with zero attached hydrogens (tertiary/aromatic N) is 2. The van der Waals surface area contributed by atoms with E-state index in [0.717, 1.165) is 29.6 Å². The van der Waals surface area contributed by atoms with Crippen molar-refractivity contribution in [1.82, 2.24) is 10.3 Å². The van der Waals surface area contributed by atoms with E-state index in [4.69, 9.17) is 9.72 Å². The van der Waals surface area contributed by atoms with Crippen molar-refractivity contribution < 1.29 is 4.74 Å². The van der Waals surface area contributed by atoms with Gasteiger partial charge in [-0.1, -0.05) is 36.0 Å². The quantitative estimate of drug-likeness (QED) is 0.850. The molecule has 0 unspecified atom stereocenters. The summed E-state index contributed by atoms with van der Waals surface area (Å²) in [5.41, 5.74) is 3.44. The third kappa shape index (κ3) is 4.03. The molecule has 0 aliphatic rings. The van der Waals surface area contributed by atoms with Crippen LogP contribution in [0, 0.1) is 6.92 Å². The number of rotatable bonds is 7. The number of benzene rings is 1. The highest BCUT2D eigenvalue weighted by Crippen LogP contribution is 2.31. The molecule has 21 heavy (non-hydrogen) atoms. The normalized spacial score (nSPS) is 10.9. The zero-order valence-corrected chi connectivity index (χ0v) is 14.0. The topological polar surface area (TPSA) is 37.4 Å². The summed E-state index contributed by atoms with van der Waals surface area (Å²) < 4.78 is 5.26. The van der Waals surface area contributed by atoms with E-state index in [1.807, 2.05) is 0 Å². The lowest BCUT2D eigenvalue weighted by molar-refractivity contribution is 0.181. The fraction of sp³-hybridized carbons (Fsp3) is 0.438. The van der Waals surface area contributed by atoms with Crippen LogP contribution in [-0.4, -0.2) is 25.7 Å². The molecular formula is C16H23N3OS. The van der Waals surface area contributed by atoms with Crippen molar-refractivity contribution in [3.05, 3.63) is 40.4 Å². The molecule has 0 radical (unpaired) electrons. The molecule has 0 saturated heterocycles. The van der Waals surface area contributed by atoms with Gasteiger partial charge in [-0.15, -0.1) is 0 Å². The number of aromatic nitrogens is 1. The molecular weight excluding hydrogens is 282 g/mol. The predicted molar refractivity (Wildman–Crippen MR) is 89.4 cm³/mol. The minimum atomic E-state index is 0.555. The van der Waals surface area contributed by atoms with Crippen LogP contribution in [0.2, 0.25) is 0 Å². The summed E-state index contributed by atoms with van der Waals surface area (Å²) >= 11 is 1.72. The molecule has 1 heterocycles. The Labute approximate surface area is 130 Å². The van der Waals surface area contributed by atoms with Gasteiger partial charge in [-0.3, -0.25) is 0 Å². The molecule has 4 nitrogen and oxygen atoms in total. The lowest BCUT2D eigenvalue weighted by atomic mass is 10.2. The number of aryl methyl sites for hydroxylation is 1. The molecule has 1 aromatic heterocycles. The van der Waals surface area contributed by atoms with Gasteiger partial charge in [-0.25, -0.2) is 4.98 Å². The molecule has 0 aliphatic carbocycles. The summed E-state index contributed by atoms with van der Waals surface area (Å²) in [6.07, 6.45) is 0. The van der Waals surface area contributed by atoms with Crippen molar-refractivity contribution in [3.63, 3.8) is 0 Å². The fourth-order valence-corrected chi connectivity index (χ4v) is 3.03. The second-order valence-electron chi connectivity index (χ2n) is 4.97. The molecule has 0 spiro atoms. The minimum Gasteiger partial charge on any atom is -0.378 e. The van der Waals surface area contributed by atoms with Crippen molar-refractivity contribution in [2.24, 2.45) is 0 Å². The summed E-state index contributed by atoms with van der Waals surface area (Å²) in [6, 6.07) is 8.48. The van der Waals surface area contributed by atoms with Crippen molar-refractivity contribution >= 4 is 22.2 Å². The lowest BCUT2D eigenvalue weighted by Gasteiger charge is -2.15. The van der Waals surface area contributed by atoms with Gasteiger partial charge in [0, 0.05) is 31.3 Å². The van der Waals surface area contributed by atoms with Gasteiger partial charge in [-0.2, -0.15) is 0 Å². The first-order valence-corrected chi connectivity index (χ1v) is 7.96. The van der Waals surface area contributed by atoms with Gasteiger partial charge in [0.25, 0.3) is 0 Å². The smallest absolute Gasteiger partial charge is 0.190 e. The molecule has 0 atom stereocenters. The van der Waals surface area contributed by atoms with Crippen molar-refractivity contribution in [3.8, 4) is 0 Å². The second kappa shape index (κ2) is 7.54. The highest BCUT2D eigenvalue weighted by atomic mass is 32.1. The molecule has 0 aliphatic heterocycles. The van der Waals surface area contributed by atoms with Gasteiger partial charge in [-0.05, 0) is 25.6 Å². The van der Waals surface area contributed by atoms with Crippen LogP contribution in [0.5, 0.6) is 0 Å². The van der Waals surface area contributed by atoms with Gasteiger partial charge < -0.3 is 15.0 Å². The third-order valence-corrected chi connectivity index (χ3v) is 4.47. The van der Waals surface area contributed by atoms with Crippen LogP contribution in [0.1, 0.15) is 23.1 Å². The Kier molecular flexibility index (Phi) is 5.73. The molecule has 5 heteroatoms. The Balaban J connectivity index is 2.23. The van der Waals surface area contributed by atoms with Gasteiger partial charge in [0.15, 0.2) is 5.13 Å². The maximum atomic E-state index is 5.26. The molecule has 0 amide bonds. The summed E-state index contributed by atoms with van der Waals surface area (Å²) in [4.78, 5) is 8.10. The molecule has 0 bridgehead atoms. The van der Waals surface area contributed by atoms with E-state index in [-0.39, 0.29) is 0 Å². The van der Waals surface area contributed by atoms with E-state index >= 15 is 0 Å². The average molecular weight is 305 g/mol. The van der Waals surface area contributed by atoms with Crippen LogP contribution >= 0.6 is 11.3 Å². The number of hydrogen-bond acceptors (Lipinski definition) is 5. The van der Waals surface area contributed by atoms with Crippen molar-refractivity contribution in [2.45, 2.75) is 27.0 Å². The van der Waals surface area contributed by atoms with Gasteiger partial charge in [0.2, 0.25) is 0 Å². The van der Waals surface area contributed by atoms with E-state index in [1.54, 1.807) is 18.4 Å². The van der Waals surface area contributed by atoms with E-state index in [2.05, 4.69) is 55.4 Å². The zero-order valence-electron chi connectivity index (χ0n) is 13.1. The molecule has 2 aromatic rings. The van der Waals surface area contributed by atoms with Crippen molar-refractivity contribution in [1.29, 1.82) is 0 Å². The van der Waals surface area contributed by atoms with Crippen LogP contribution in [0.25, 0.3) is 0 Å². The predicted octanol–water partition coefficient (Wildman–Crippen LogP) is 3.48. The van der Waals surface area contributed by atoms with Crippen LogP contribution in [0.15, 0.2) is 24.3 Å². The van der Waals surface area contributed by atoms with Crippen LogP contribution in [0.4, 0.5) is 10.8 Å². The minimum absolute atomic E-state index is 0.555. The van der Waals surface area contributed by atoms with Crippen LogP contribution in [0.3, 0.4) is 0 Å². The molecule has 0 saturated carbocycles. The van der Waals surface area contributed by atoms with E-state index in [9.17, 15) is 0 Å². The zero-order chi connectivity index (χ0) is 15.2. The average Bonchev–Trinajstić information content (AvgIpc) is 2.88. The first-order valence-electron chi connectivity index (χ1n) is 7.14. The van der Waals surface area contributed by atoms with Gasteiger partial charge >= 0.3 is 0 Å². The number of anilines is 2. The molecule has 2 rings (SSSR count). The second-order valence-corrected chi connectivity index (χ2v) is 6.04. The first kappa shape index (κ1) is 15.9. The van der Waals surface area contributed by atoms with Crippen LogP contribution < -0.4 is 10.2 Å². The standard InChI is InChI=1S/C16H23N3OS/c1-5-17-10-15-14(11-20-4)18-16(21-15)19(3)13-8-6-12(2)7-9-13/h6-9,17H,5,10-11H2,1-4H3. The number of thiazole rings is 1. The van der Waals surface area contributed by atoms with Gasteiger partial charge in [0.1, 0.15) is 0 Å². The molecule has 1 aromatic carbocycles. The Morgan fingerprint density at radius 1 is 1.29 bits per heavy atom. The largest absolute Gasteiger partial charge is 0.378 e. The SMILES string of the molecule is CCNCc1sc(N(C)c2ccc(C)cc2)nc1COC. The molecule has 1 N–H and O–H groups in total. The van der Waals surface area contributed by atoms with Crippen LogP contribution in [-0.2, 0) is 17.9 Å². The highest BCUT2D eigenvalue weighted by Gasteiger charge is 2.14. The summed E-state index contributed by atoms with van der Waals surface area (Å²) in [7, 11) is 3.76. The van der Waals surface area contributed by atoms with E-state index in [1.165, 1.54) is 10.4 Å². The third-order valence-electron chi connectivity index (χ3n) is 3.29. The maximum absolute atomic E-state index is 5.26. The molecule has 114 valence electrons. The molecule has 0 fully saturated rings. The Hall–Kier alpha value is -1.43.